The van der Waals surface area contributed by atoms with Crippen LogP contribution in [0.15, 0.2) is 91.5 Å². The summed E-state index contributed by atoms with van der Waals surface area (Å²) in [5.41, 5.74) is 2.64. The standard InChI is InChI=1S/C33H33NO9/c1-5-16-40-28-13-6-24(18-31(28)37-2)21-42-30-15-8-25(19-33(30)39-4)22-43-29-14-7-23(17-32(29)38-3)20-41-27-11-9-26(10-12-27)34(35)36/h5-15,17-19H,1,16,20-22H2,2-4H3. The minimum Gasteiger partial charge on any atom is -0.493 e. The molecule has 0 aliphatic rings. The first-order valence-electron chi connectivity index (χ1n) is 13.3. The van der Waals surface area contributed by atoms with E-state index in [1.54, 1.807) is 39.5 Å². The van der Waals surface area contributed by atoms with E-state index in [1.165, 1.54) is 12.1 Å². The van der Waals surface area contributed by atoms with Crippen molar-refractivity contribution in [3.05, 3.63) is 118 Å². The first-order valence-corrected chi connectivity index (χ1v) is 13.3. The molecule has 0 N–H and O–H groups in total. The Morgan fingerprint density at radius 3 is 1.42 bits per heavy atom. The first kappa shape index (κ1) is 30.6. The van der Waals surface area contributed by atoms with E-state index in [1.807, 2.05) is 54.6 Å². The topological polar surface area (TPSA) is 108 Å². The monoisotopic (exact) mass is 587 g/mol. The summed E-state index contributed by atoms with van der Waals surface area (Å²) < 4.78 is 40.0. The van der Waals surface area contributed by atoms with Gasteiger partial charge in [0.1, 0.15) is 32.2 Å². The Bertz CT molecular complexity index is 1540. The van der Waals surface area contributed by atoms with Gasteiger partial charge in [-0.3, -0.25) is 10.1 Å². The highest BCUT2D eigenvalue weighted by atomic mass is 16.6. The number of nitrogens with zero attached hydrogens (tertiary/aromatic N) is 1. The van der Waals surface area contributed by atoms with Crippen LogP contribution >= 0.6 is 0 Å². The van der Waals surface area contributed by atoms with Crippen molar-refractivity contribution in [2.45, 2.75) is 19.8 Å². The second kappa shape index (κ2) is 15.0. The van der Waals surface area contributed by atoms with Crippen molar-refractivity contribution in [2.75, 3.05) is 27.9 Å². The molecule has 0 spiro atoms. The van der Waals surface area contributed by atoms with Crippen LogP contribution in [0.5, 0.6) is 40.2 Å². The van der Waals surface area contributed by atoms with E-state index in [2.05, 4.69) is 6.58 Å². The Morgan fingerprint density at radius 2 is 1.02 bits per heavy atom. The molecule has 0 unspecified atom stereocenters. The molecular weight excluding hydrogens is 554 g/mol. The molecule has 0 saturated carbocycles. The highest BCUT2D eigenvalue weighted by molar-refractivity contribution is 5.46. The molecule has 10 nitrogen and oxygen atoms in total. The fraction of sp³-hybridized carbons (Fsp3) is 0.212. The Hall–Kier alpha value is -5.38. The van der Waals surface area contributed by atoms with Crippen molar-refractivity contribution in [2.24, 2.45) is 0 Å². The van der Waals surface area contributed by atoms with Gasteiger partial charge in [0.2, 0.25) is 0 Å². The molecule has 224 valence electrons. The minimum atomic E-state index is -0.451. The zero-order chi connectivity index (χ0) is 30.6. The number of methoxy groups -OCH3 is 3. The van der Waals surface area contributed by atoms with Gasteiger partial charge >= 0.3 is 0 Å². The van der Waals surface area contributed by atoms with Crippen molar-refractivity contribution in [3.8, 4) is 40.2 Å². The Labute approximate surface area is 250 Å². The fourth-order valence-electron chi connectivity index (χ4n) is 4.06. The molecule has 0 fully saturated rings. The van der Waals surface area contributed by atoms with E-state index in [0.29, 0.717) is 53.5 Å². The normalized spacial score (nSPS) is 10.4. The van der Waals surface area contributed by atoms with Crippen LogP contribution in [-0.2, 0) is 19.8 Å². The summed E-state index contributed by atoms with van der Waals surface area (Å²) in [5, 5.41) is 10.8. The second-order valence-electron chi connectivity index (χ2n) is 9.17. The van der Waals surface area contributed by atoms with Gasteiger partial charge in [0.05, 0.1) is 26.3 Å². The predicted molar refractivity (Wildman–Crippen MR) is 161 cm³/mol. The third kappa shape index (κ3) is 8.32. The van der Waals surface area contributed by atoms with Crippen LogP contribution in [0.3, 0.4) is 0 Å². The summed E-state index contributed by atoms with van der Waals surface area (Å²) in [4.78, 5) is 10.4. The molecule has 0 atom stereocenters. The van der Waals surface area contributed by atoms with Crippen LogP contribution in [0.4, 0.5) is 5.69 Å². The van der Waals surface area contributed by atoms with E-state index in [0.717, 1.165) is 16.7 Å². The molecule has 0 heterocycles. The summed E-state index contributed by atoms with van der Waals surface area (Å²) in [6, 6.07) is 22.7. The third-order valence-electron chi connectivity index (χ3n) is 6.28. The number of non-ortho nitro benzene ring substituents is 1. The van der Waals surface area contributed by atoms with E-state index in [4.69, 9.17) is 33.2 Å². The van der Waals surface area contributed by atoms with Crippen molar-refractivity contribution in [1.82, 2.24) is 0 Å². The summed E-state index contributed by atoms with van der Waals surface area (Å²) in [6.07, 6.45) is 1.67. The average Bonchev–Trinajstić information content (AvgIpc) is 3.04. The molecule has 4 rings (SSSR count). The second-order valence-corrected chi connectivity index (χ2v) is 9.17. The molecule has 43 heavy (non-hydrogen) atoms. The van der Waals surface area contributed by atoms with Crippen LogP contribution in [-0.4, -0.2) is 32.9 Å². The van der Waals surface area contributed by atoms with Crippen LogP contribution in [0.25, 0.3) is 0 Å². The van der Waals surface area contributed by atoms with Crippen LogP contribution in [0, 0.1) is 10.1 Å². The number of hydrogen-bond donors (Lipinski definition) is 0. The Morgan fingerprint density at radius 1 is 0.605 bits per heavy atom. The zero-order valence-corrected chi connectivity index (χ0v) is 24.2. The molecular formula is C33H33NO9. The molecule has 0 radical (unpaired) electrons. The van der Waals surface area contributed by atoms with Gasteiger partial charge < -0.3 is 33.2 Å². The SMILES string of the molecule is C=CCOc1ccc(COc2ccc(COc3ccc(COc4ccc([N+](=O)[O-])cc4)cc3OC)cc2OC)cc1OC. The summed E-state index contributed by atoms with van der Waals surface area (Å²) in [5.74, 6) is 4.05. The molecule has 0 bridgehead atoms. The van der Waals surface area contributed by atoms with Crippen LogP contribution in [0.2, 0.25) is 0 Å². The van der Waals surface area contributed by atoms with E-state index in [-0.39, 0.29) is 18.9 Å². The third-order valence-corrected chi connectivity index (χ3v) is 6.28. The summed E-state index contributed by atoms with van der Waals surface area (Å²) in [7, 11) is 4.74. The maximum atomic E-state index is 10.8. The van der Waals surface area contributed by atoms with Gasteiger partial charge in [0.25, 0.3) is 5.69 Å². The van der Waals surface area contributed by atoms with Gasteiger partial charge in [-0.15, -0.1) is 0 Å². The molecule has 0 aliphatic heterocycles. The van der Waals surface area contributed by atoms with E-state index >= 15 is 0 Å². The molecule has 4 aromatic rings. The first-order chi connectivity index (χ1) is 20.9. The molecule has 0 saturated heterocycles. The number of hydrogen-bond acceptors (Lipinski definition) is 9. The van der Waals surface area contributed by atoms with Gasteiger partial charge in [-0.1, -0.05) is 30.9 Å². The molecule has 0 aromatic heterocycles. The Balaban J connectivity index is 1.35. The van der Waals surface area contributed by atoms with Gasteiger partial charge in [0.15, 0.2) is 34.5 Å². The predicted octanol–water partition coefficient (Wildman–Crippen LogP) is 6.92. The fourth-order valence-corrected chi connectivity index (χ4v) is 4.06. The number of benzene rings is 4. The van der Waals surface area contributed by atoms with E-state index < -0.39 is 4.92 Å². The molecule has 0 amide bonds. The zero-order valence-electron chi connectivity index (χ0n) is 24.2. The maximum Gasteiger partial charge on any atom is 0.269 e. The maximum absolute atomic E-state index is 10.8. The van der Waals surface area contributed by atoms with Crippen LogP contribution in [0.1, 0.15) is 16.7 Å². The lowest BCUT2D eigenvalue weighted by molar-refractivity contribution is -0.384. The lowest BCUT2D eigenvalue weighted by atomic mass is 10.2. The lowest BCUT2D eigenvalue weighted by Crippen LogP contribution is -2.02. The van der Waals surface area contributed by atoms with Crippen molar-refractivity contribution < 1.29 is 38.1 Å². The number of ether oxygens (including phenoxy) is 7. The largest absolute Gasteiger partial charge is 0.493 e. The lowest BCUT2D eigenvalue weighted by Gasteiger charge is -2.15. The highest BCUT2D eigenvalue weighted by Crippen LogP contribution is 2.33. The molecule has 10 heteroatoms. The van der Waals surface area contributed by atoms with Gasteiger partial charge in [-0.05, 0) is 65.2 Å². The van der Waals surface area contributed by atoms with Gasteiger partial charge in [-0.25, -0.2) is 0 Å². The van der Waals surface area contributed by atoms with Crippen LogP contribution < -0.4 is 33.2 Å². The molecule has 0 aliphatic carbocycles. The summed E-state index contributed by atoms with van der Waals surface area (Å²) in [6.45, 7) is 4.89. The Kier molecular flexibility index (Phi) is 10.7. The van der Waals surface area contributed by atoms with Crippen molar-refractivity contribution >= 4 is 5.69 Å². The van der Waals surface area contributed by atoms with Crippen molar-refractivity contribution in [3.63, 3.8) is 0 Å². The van der Waals surface area contributed by atoms with Crippen molar-refractivity contribution in [1.29, 1.82) is 0 Å². The van der Waals surface area contributed by atoms with E-state index in [9.17, 15) is 10.1 Å². The average molecular weight is 588 g/mol. The molecule has 4 aromatic carbocycles. The smallest absolute Gasteiger partial charge is 0.269 e. The number of nitro groups is 1. The van der Waals surface area contributed by atoms with Gasteiger partial charge in [-0.2, -0.15) is 0 Å². The minimum absolute atomic E-state index is 0.00754. The highest BCUT2D eigenvalue weighted by Gasteiger charge is 2.12. The van der Waals surface area contributed by atoms with Gasteiger partial charge in [0, 0.05) is 12.1 Å². The number of nitro benzene ring substituents is 1. The quantitative estimate of drug-likeness (QED) is 0.0784. The summed E-state index contributed by atoms with van der Waals surface area (Å²) >= 11 is 0. The number of rotatable bonds is 16.